The summed E-state index contributed by atoms with van der Waals surface area (Å²) in [5, 5.41) is 0. The van der Waals surface area contributed by atoms with Gasteiger partial charge in [-0.2, -0.15) is 13.2 Å². The Hall–Kier alpha value is -0.940. The number of hydrogen-bond acceptors (Lipinski definition) is 2. The minimum atomic E-state index is -4.37. The van der Waals surface area contributed by atoms with E-state index in [-0.39, 0.29) is 11.6 Å². The summed E-state index contributed by atoms with van der Waals surface area (Å²) >= 11 is 5.65. The van der Waals surface area contributed by atoms with E-state index in [2.05, 4.69) is 0 Å². The van der Waals surface area contributed by atoms with E-state index in [1.165, 1.54) is 6.07 Å². The van der Waals surface area contributed by atoms with Gasteiger partial charge in [-0.15, -0.1) is 11.6 Å². The van der Waals surface area contributed by atoms with Crippen molar-refractivity contribution >= 4 is 17.3 Å². The predicted octanol–water partition coefficient (Wildman–Crippen LogP) is 4.22. The SMILES string of the molecule is CCN(CCCN(C)C)c1ccc(CCl)cc1C(F)(F)F. The molecule has 0 unspecified atom stereocenters. The normalized spacial score (nSPS) is 12.0. The average Bonchev–Trinajstić information content (AvgIpc) is 2.42. The number of alkyl halides is 4. The molecule has 0 aliphatic rings. The van der Waals surface area contributed by atoms with Crippen LogP contribution in [0.4, 0.5) is 18.9 Å². The van der Waals surface area contributed by atoms with Crippen LogP contribution in [0.3, 0.4) is 0 Å². The smallest absolute Gasteiger partial charge is 0.371 e. The Morgan fingerprint density at radius 2 is 1.81 bits per heavy atom. The first kappa shape index (κ1) is 18.1. The van der Waals surface area contributed by atoms with Crippen LogP contribution in [0.2, 0.25) is 0 Å². The number of benzene rings is 1. The Morgan fingerprint density at radius 3 is 2.29 bits per heavy atom. The third-order valence-corrected chi connectivity index (χ3v) is 3.59. The highest BCUT2D eigenvalue weighted by atomic mass is 35.5. The first-order valence-corrected chi connectivity index (χ1v) is 7.48. The summed E-state index contributed by atoms with van der Waals surface area (Å²) in [5.41, 5.74) is 0.113. The molecule has 1 rings (SSSR count). The van der Waals surface area contributed by atoms with Gasteiger partial charge in [-0.3, -0.25) is 0 Å². The summed E-state index contributed by atoms with van der Waals surface area (Å²) in [6, 6.07) is 4.34. The van der Waals surface area contributed by atoms with Crippen molar-refractivity contribution in [2.75, 3.05) is 38.6 Å². The molecular weight excluding hydrogens is 301 g/mol. The number of halogens is 4. The summed E-state index contributed by atoms with van der Waals surface area (Å²) in [5.74, 6) is 0.0795. The lowest BCUT2D eigenvalue weighted by Gasteiger charge is -2.27. The molecule has 0 atom stereocenters. The van der Waals surface area contributed by atoms with E-state index in [0.717, 1.165) is 19.0 Å². The fraction of sp³-hybridized carbons (Fsp3) is 0.600. The van der Waals surface area contributed by atoms with Gasteiger partial charge in [0, 0.05) is 24.7 Å². The Labute approximate surface area is 129 Å². The maximum atomic E-state index is 13.2. The van der Waals surface area contributed by atoms with Gasteiger partial charge in [0.1, 0.15) is 0 Å². The number of rotatable bonds is 7. The molecule has 21 heavy (non-hydrogen) atoms. The molecule has 0 saturated heterocycles. The second kappa shape index (κ2) is 7.90. The highest BCUT2D eigenvalue weighted by molar-refractivity contribution is 6.17. The van der Waals surface area contributed by atoms with Gasteiger partial charge in [0.25, 0.3) is 0 Å². The van der Waals surface area contributed by atoms with Gasteiger partial charge in [-0.05, 0) is 51.7 Å². The molecule has 0 saturated carbocycles. The largest absolute Gasteiger partial charge is 0.418 e. The summed E-state index contributed by atoms with van der Waals surface area (Å²) in [4.78, 5) is 3.79. The molecule has 0 aliphatic carbocycles. The molecule has 0 amide bonds. The number of anilines is 1. The van der Waals surface area contributed by atoms with E-state index in [9.17, 15) is 13.2 Å². The van der Waals surface area contributed by atoms with Crippen LogP contribution in [0.15, 0.2) is 18.2 Å². The zero-order chi connectivity index (χ0) is 16.0. The summed E-state index contributed by atoms with van der Waals surface area (Å²) in [7, 11) is 3.90. The van der Waals surface area contributed by atoms with Crippen molar-refractivity contribution < 1.29 is 13.2 Å². The second-order valence-corrected chi connectivity index (χ2v) is 5.49. The van der Waals surface area contributed by atoms with Crippen molar-refractivity contribution in [1.29, 1.82) is 0 Å². The van der Waals surface area contributed by atoms with Crippen molar-refractivity contribution in [3.05, 3.63) is 29.3 Å². The standard InChI is InChI=1S/C15H22ClF3N2/c1-4-21(9-5-8-20(2)3)14-7-6-12(11-16)10-13(14)15(17,18)19/h6-7,10H,4-5,8-9,11H2,1-3H3. The maximum absolute atomic E-state index is 13.2. The lowest BCUT2D eigenvalue weighted by atomic mass is 10.1. The molecule has 0 radical (unpaired) electrons. The molecule has 0 fully saturated rings. The summed E-state index contributed by atoms with van der Waals surface area (Å²) in [6.07, 6.45) is -3.55. The van der Waals surface area contributed by atoms with Gasteiger partial charge in [0.2, 0.25) is 0 Å². The van der Waals surface area contributed by atoms with E-state index < -0.39 is 11.7 Å². The number of nitrogens with zero attached hydrogens (tertiary/aromatic N) is 2. The maximum Gasteiger partial charge on any atom is 0.418 e. The number of hydrogen-bond donors (Lipinski definition) is 0. The van der Waals surface area contributed by atoms with Gasteiger partial charge < -0.3 is 9.80 Å². The van der Waals surface area contributed by atoms with E-state index in [4.69, 9.17) is 11.6 Å². The minimum Gasteiger partial charge on any atom is -0.371 e. The van der Waals surface area contributed by atoms with Crippen LogP contribution in [0.25, 0.3) is 0 Å². The van der Waals surface area contributed by atoms with Gasteiger partial charge in [0.05, 0.1) is 5.56 Å². The van der Waals surface area contributed by atoms with Gasteiger partial charge in [0.15, 0.2) is 0 Å². The molecule has 2 nitrogen and oxygen atoms in total. The van der Waals surface area contributed by atoms with Gasteiger partial charge >= 0.3 is 6.18 Å². The van der Waals surface area contributed by atoms with Crippen molar-refractivity contribution in [3.63, 3.8) is 0 Å². The monoisotopic (exact) mass is 322 g/mol. The van der Waals surface area contributed by atoms with Crippen LogP contribution >= 0.6 is 11.6 Å². The van der Waals surface area contributed by atoms with E-state index >= 15 is 0 Å². The fourth-order valence-electron chi connectivity index (χ4n) is 2.20. The summed E-state index contributed by atoms with van der Waals surface area (Å²) < 4.78 is 39.7. The molecule has 120 valence electrons. The first-order valence-electron chi connectivity index (χ1n) is 6.95. The van der Waals surface area contributed by atoms with E-state index in [0.29, 0.717) is 18.7 Å². The Kier molecular flexibility index (Phi) is 6.81. The predicted molar refractivity (Wildman–Crippen MR) is 82.1 cm³/mol. The average molecular weight is 323 g/mol. The van der Waals surface area contributed by atoms with Gasteiger partial charge in [-0.25, -0.2) is 0 Å². The zero-order valence-electron chi connectivity index (χ0n) is 12.7. The molecule has 0 bridgehead atoms. The zero-order valence-corrected chi connectivity index (χ0v) is 13.4. The van der Waals surface area contributed by atoms with E-state index in [1.54, 1.807) is 11.0 Å². The third kappa shape index (κ3) is 5.40. The van der Waals surface area contributed by atoms with Crippen molar-refractivity contribution in [2.45, 2.75) is 25.4 Å². The summed E-state index contributed by atoms with van der Waals surface area (Å²) in [6.45, 7) is 3.84. The molecule has 1 aromatic rings. The van der Waals surface area contributed by atoms with Crippen LogP contribution in [0, 0.1) is 0 Å². The molecule has 0 aromatic heterocycles. The molecular formula is C15H22ClF3N2. The van der Waals surface area contributed by atoms with Crippen LogP contribution < -0.4 is 4.90 Å². The molecule has 0 N–H and O–H groups in total. The van der Waals surface area contributed by atoms with Crippen LogP contribution in [-0.2, 0) is 12.1 Å². The van der Waals surface area contributed by atoms with Crippen LogP contribution in [0.5, 0.6) is 0 Å². The lowest BCUT2D eigenvalue weighted by molar-refractivity contribution is -0.137. The molecule has 6 heteroatoms. The highest BCUT2D eigenvalue weighted by Gasteiger charge is 2.34. The van der Waals surface area contributed by atoms with E-state index in [1.807, 2.05) is 25.9 Å². The molecule has 0 spiro atoms. The van der Waals surface area contributed by atoms with Gasteiger partial charge in [-0.1, -0.05) is 6.07 Å². The highest BCUT2D eigenvalue weighted by Crippen LogP contribution is 2.37. The quantitative estimate of drug-likeness (QED) is 0.693. The van der Waals surface area contributed by atoms with Crippen molar-refractivity contribution in [3.8, 4) is 0 Å². The topological polar surface area (TPSA) is 6.48 Å². The molecule has 0 heterocycles. The fourth-order valence-corrected chi connectivity index (χ4v) is 2.36. The Balaban J connectivity index is 3.02. The Morgan fingerprint density at radius 1 is 1.14 bits per heavy atom. The minimum absolute atomic E-state index is 0.0795. The molecule has 1 aromatic carbocycles. The second-order valence-electron chi connectivity index (χ2n) is 5.22. The van der Waals surface area contributed by atoms with Crippen molar-refractivity contribution in [1.82, 2.24) is 4.90 Å². The lowest BCUT2D eigenvalue weighted by Crippen LogP contribution is -2.29. The van der Waals surface area contributed by atoms with Crippen molar-refractivity contribution in [2.24, 2.45) is 0 Å². The van der Waals surface area contributed by atoms with Crippen LogP contribution in [0.1, 0.15) is 24.5 Å². The first-order chi connectivity index (χ1) is 9.79. The molecule has 0 aliphatic heterocycles. The third-order valence-electron chi connectivity index (χ3n) is 3.28. The Bertz CT molecular complexity index is 447. The van der Waals surface area contributed by atoms with Crippen LogP contribution in [-0.4, -0.2) is 38.6 Å².